The van der Waals surface area contributed by atoms with Crippen molar-refractivity contribution in [3.05, 3.63) is 59.9 Å². The molecule has 0 saturated heterocycles. The molecule has 1 heterocycles. The molecule has 3 aromatic rings. The molecule has 3 rings (SSSR count). The number of nitrogens with one attached hydrogen (secondary N) is 2. The summed E-state index contributed by atoms with van der Waals surface area (Å²) >= 11 is 0. The molecule has 212 valence electrons. The van der Waals surface area contributed by atoms with E-state index in [4.69, 9.17) is 30.3 Å². The van der Waals surface area contributed by atoms with Crippen molar-refractivity contribution < 1.29 is 50.1 Å². The van der Waals surface area contributed by atoms with Gasteiger partial charge in [0.2, 0.25) is 0 Å². The van der Waals surface area contributed by atoms with E-state index in [1.54, 1.807) is 32.2 Å². The number of carbonyl (C=O) groups is 2. The third-order valence-electron chi connectivity index (χ3n) is 5.47. The van der Waals surface area contributed by atoms with Gasteiger partial charge in [-0.15, -0.1) is 0 Å². The van der Waals surface area contributed by atoms with Crippen molar-refractivity contribution in [2.45, 2.75) is 31.3 Å². The first-order valence-corrected chi connectivity index (χ1v) is 11.8. The van der Waals surface area contributed by atoms with E-state index >= 15 is 0 Å². The van der Waals surface area contributed by atoms with Crippen molar-refractivity contribution in [1.29, 1.82) is 0 Å². The average molecular weight is 548 g/mol. The number of hydrogen-bond donors (Lipinski definition) is 9. The smallest absolute Gasteiger partial charge is 0.322 e. The summed E-state index contributed by atoms with van der Waals surface area (Å²) in [5.74, 6) is -1.00. The number of carbonyl (C=O) groups excluding carboxylic acids is 1. The molecule has 13 nitrogen and oxygen atoms in total. The Morgan fingerprint density at radius 2 is 1.59 bits per heavy atom. The molecule has 0 saturated carbocycles. The number of carboxylic acids is 1. The van der Waals surface area contributed by atoms with Gasteiger partial charge >= 0.3 is 5.97 Å². The van der Waals surface area contributed by atoms with Gasteiger partial charge in [0.25, 0.3) is 5.91 Å². The van der Waals surface area contributed by atoms with Crippen LogP contribution in [0.1, 0.15) is 16.2 Å². The highest BCUT2D eigenvalue weighted by molar-refractivity contribution is 6.03. The highest BCUT2D eigenvalue weighted by atomic mass is 16.5. The third-order valence-corrected chi connectivity index (χ3v) is 5.47. The number of para-hydroxylation sites is 1. The molecular formula is C26H33N3O10. The Bertz CT molecular complexity index is 1240. The predicted molar refractivity (Wildman–Crippen MR) is 140 cm³/mol. The number of aliphatic hydroxyl groups is 5. The number of carboxylic acid groups (broad SMARTS) is 1. The first-order valence-electron chi connectivity index (χ1n) is 11.8. The van der Waals surface area contributed by atoms with E-state index < -0.39 is 49.4 Å². The zero-order valence-corrected chi connectivity index (χ0v) is 21.4. The van der Waals surface area contributed by atoms with Crippen LogP contribution in [-0.2, 0) is 4.79 Å². The number of rotatable bonds is 11. The molecule has 9 N–H and O–H groups in total. The van der Waals surface area contributed by atoms with Gasteiger partial charge in [0.05, 0.1) is 12.7 Å². The fraction of sp³-hybridized carbons (Fsp3) is 0.346. The molecule has 0 spiro atoms. The highest BCUT2D eigenvalue weighted by Gasteiger charge is 2.29. The van der Waals surface area contributed by atoms with Crippen LogP contribution in [-0.4, -0.2) is 104 Å². The summed E-state index contributed by atoms with van der Waals surface area (Å²) in [5, 5.41) is 69.7. The van der Waals surface area contributed by atoms with E-state index in [2.05, 4.69) is 15.6 Å². The number of likely N-dealkylation sites (N-methyl/N-ethyl adjacent to an activating group) is 1. The minimum Gasteiger partial charge on any atom is -0.505 e. The third kappa shape index (κ3) is 8.85. The van der Waals surface area contributed by atoms with Crippen LogP contribution >= 0.6 is 0 Å². The second kappa shape index (κ2) is 14.9. The number of aliphatic carboxylic acids is 1. The van der Waals surface area contributed by atoms with Crippen LogP contribution < -0.4 is 15.4 Å². The Morgan fingerprint density at radius 1 is 0.949 bits per heavy atom. The van der Waals surface area contributed by atoms with E-state index in [1.807, 2.05) is 30.3 Å². The van der Waals surface area contributed by atoms with E-state index in [-0.39, 0.29) is 18.0 Å². The van der Waals surface area contributed by atoms with E-state index in [0.29, 0.717) is 28.0 Å². The molecule has 2 aromatic carbocycles. The van der Waals surface area contributed by atoms with Crippen LogP contribution in [0, 0.1) is 6.92 Å². The number of amides is 1. The topological polar surface area (TPSA) is 222 Å². The fourth-order valence-electron chi connectivity index (χ4n) is 3.42. The monoisotopic (exact) mass is 547 g/mol. The molecule has 0 fully saturated rings. The number of pyridine rings is 1. The highest BCUT2D eigenvalue weighted by Crippen LogP contribution is 2.33. The lowest BCUT2D eigenvalue weighted by Gasteiger charge is -2.25. The number of aliphatic hydroxyl groups excluding tert-OH is 5. The molecule has 0 radical (unpaired) electrons. The minimum atomic E-state index is -1.55. The van der Waals surface area contributed by atoms with Crippen LogP contribution in [0.4, 0.5) is 0 Å². The summed E-state index contributed by atoms with van der Waals surface area (Å²) in [6.07, 6.45) is -5.65. The van der Waals surface area contributed by atoms with Gasteiger partial charge in [-0.3, -0.25) is 9.59 Å². The molecule has 0 bridgehead atoms. The molecule has 13 heteroatoms. The molecule has 1 amide bonds. The number of aromatic nitrogens is 1. The van der Waals surface area contributed by atoms with Crippen molar-refractivity contribution in [3.8, 4) is 17.2 Å². The van der Waals surface area contributed by atoms with Crippen molar-refractivity contribution in [3.63, 3.8) is 0 Å². The molecule has 0 aliphatic heterocycles. The van der Waals surface area contributed by atoms with Gasteiger partial charge in [0, 0.05) is 23.0 Å². The Kier molecular flexibility index (Phi) is 12.0. The fourth-order valence-corrected chi connectivity index (χ4v) is 3.42. The number of nitrogens with zero attached hydrogens (tertiary/aromatic N) is 1. The Hall–Kier alpha value is -3.85. The molecule has 1 aromatic heterocycles. The summed E-state index contributed by atoms with van der Waals surface area (Å²) in [7, 11) is 1.57. The van der Waals surface area contributed by atoms with E-state index in [9.17, 15) is 19.8 Å². The number of aryl methyl sites for hydroxylation is 1. The summed E-state index contributed by atoms with van der Waals surface area (Å²) in [5.41, 5.74) is 0.296. The molecule has 0 aliphatic rings. The Labute approximate surface area is 224 Å². The average Bonchev–Trinajstić information content (AvgIpc) is 2.93. The second-order valence-electron chi connectivity index (χ2n) is 8.45. The number of fused-ring (bicyclic) bond motifs is 1. The zero-order chi connectivity index (χ0) is 29.1. The normalized spacial score (nSPS) is 13.9. The number of ether oxygens (including phenoxy) is 1. The summed E-state index contributed by atoms with van der Waals surface area (Å²) < 4.78 is 5.77. The van der Waals surface area contributed by atoms with Crippen LogP contribution in [0.2, 0.25) is 0 Å². The van der Waals surface area contributed by atoms with Crippen LogP contribution in [0.3, 0.4) is 0 Å². The van der Waals surface area contributed by atoms with E-state index in [0.717, 1.165) is 0 Å². The van der Waals surface area contributed by atoms with Crippen molar-refractivity contribution in [2.75, 3.05) is 26.7 Å². The predicted octanol–water partition coefficient (Wildman–Crippen LogP) is -0.503. The zero-order valence-electron chi connectivity index (χ0n) is 21.4. The maximum absolute atomic E-state index is 12.1. The van der Waals surface area contributed by atoms with Gasteiger partial charge < -0.3 is 51.1 Å². The number of hydrogen-bond acceptors (Lipinski definition) is 11. The lowest BCUT2D eigenvalue weighted by molar-refractivity contribution is -0.135. The number of benzene rings is 2. The maximum Gasteiger partial charge on any atom is 0.322 e. The van der Waals surface area contributed by atoms with Crippen molar-refractivity contribution >= 4 is 22.6 Å². The van der Waals surface area contributed by atoms with Gasteiger partial charge in [0.1, 0.15) is 36.4 Å². The van der Waals surface area contributed by atoms with Gasteiger partial charge in [-0.25, -0.2) is 4.98 Å². The standard InChI is InChI=1S/C19H16N2O5.C7H17NO5/c1-11-15-9-13(26-12-5-3-2-4-6-12)7-8-14(15)18(24)17(21-11)19(25)20-10-16(22)23;1-8-2-4(10)6(12)7(13)5(11)3-9/h2-9,24H,10H2,1H3,(H,20,25)(H,22,23);4-13H,2-3H2,1H3/t;4-,5+,6+,7+/m.0/s1. The minimum absolute atomic E-state index is 0.0936. The second-order valence-corrected chi connectivity index (χ2v) is 8.45. The largest absolute Gasteiger partial charge is 0.505 e. The molecule has 0 unspecified atom stereocenters. The van der Waals surface area contributed by atoms with E-state index in [1.165, 1.54) is 0 Å². The Balaban J connectivity index is 0.000000349. The van der Waals surface area contributed by atoms with Crippen LogP contribution in [0.5, 0.6) is 17.2 Å². The SMILES string of the molecule is CNC[C@H](O)[C@@H](O)[C@H](O)[C@H](O)CO.Cc1nc(C(=O)NCC(=O)O)c(O)c2ccc(Oc3ccccc3)cc12. The summed E-state index contributed by atoms with van der Waals surface area (Å²) in [4.78, 5) is 26.7. The van der Waals surface area contributed by atoms with Gasteiger partial charge in [0.15, 0.2) is 11.4 Å². The molecule has 0 aliphatic carbocycles. The van der Waals surface area contributed by atoms with Gasteiger partial charge in [-0.2, -0.15) is 0 Å². The molecule has 39 heavy (non-hydrogen) atoms. The van der Waals surface area contributed by atoms with Crippen molar-refractivity contribution in [2.24, 2.45) is 0 Å². The first-order chi connectivity index (χ1) is 18.5. The number of aromatic hydroxyl groups is 1. The molecular weight excluding hydrogens is 514 g/mol. The van der Waals surface area contributed by atoms with Gasteiger partial charge in [-0.1, -0.05) is 18.2 Å². The van der Waals surface area contributed by atoms with Crippen molar-refractivity contribution in [1.82, 2.24) is 15.6 Å². The molecule has 4 atom stereocenters. The Morgan fingerprint density at radius 3 is 2.18 bits per heavy atom. The first kappa shape index (κ1) is 31.4. The maximum atomic E-state index is 12.1. The lowest BCUT2D eigenvalue weighted by Crippen LogP contribution is -2.48. The quantitative estimate of drug-likeness (QED) is 0.148. The summed E-state index contributed by atoms with van der Waals surface area (Å²) in [6.45, 7) is 0.573. The summed E-state index contributed by atoms with van der Waals surface area (Å²) in [6, 6.07) is 14.3. The van der Waals surface area contributed by atoms with Gasteiger partial charge in [-0.05, 0) is 44.3 Å². The van der Waals surface area contributed by atoms with Crippen LogP contribution in [0.25, 0.3) is 10.8 Å². The van der Waals surface area contributed by atoms with Crippen LogP contribution in [0.15, 0.2) is 48.5 Å². The lowest BCUT2D eigenvalue weighted by atomic mass is 10.0.